The fourth-order valence-corrected chi connectivity index (χ4v) is 5.23. The van der Waals surface area contributed by atoms with Crippen molar-refractivity contribution in [3.8, 4) is 0 Å². The Labute approximate surface area is 194 Å². The van der Waals surface area contributed by atoms with Crippen LogP contribution in [-0.4, -0.2) is 14.8 Å². The van der Waals surface area contributed by atoms with Crippen LogP contribution in [0.15, 0.2) is 90.0 Å². The molecule has 3 nitrogen and oxygen atoms in total. The van der Waals surface area contributed by atoms with Gasteiger partial charge in [0.2, 0.25) is 0 Å². The molecule has 5 rings (SSSR count). The van der Waals surface area contributed by atoms with E-state index in [0.717, 1.165) is 32.7 Å². The highest BCUT2D eigenvalue weighted by Gasteiger charge is 2.33. The van der Waals surface area contributed by atoms with Gasteiger partial charge in [-0.15, -0.1) is 0 Å². The average Bonchev–Trinajstić information content (AvgIpc) is 3.27. The number of carbonyl (C=O) groups excluding carboxylic acids is 1. The highest BCUT2D eigenvalue weighted by Crippen LogP contribution is 2.37. The number of anilines is 1. The number of carbonyl (C=O) groups is 1. The summed E-state index contributed by atoms with van der Waals surface area (Å²) < 4.78 is 2.71. The second kappa shape index (κ2) is 8.35. The first-order valence-electron chi connectivity index (χ1n) is 9.76. The van der Waals surface area contributed by atoms with Crippen LogP contribution in [0.3, 0.4) is 0 Å². The number of thiocarbonyl (C=S) groups is 1. The molecule has 31 heavy (non-hydrogen) atoms. The number of para-hydroxylation sites is 2. The number of hydrogen-bond acceptors (Lipinski definition) is 3. The summed E-state index contributed by atoms with van der Waals surface area (Å²) in [7, 11) is 0. The van der Waals surface area contributed by atoms with Gasteiger partial charge in [0.1, 0.15) is 0 Å². The zero-order valence-corrected chi connectivity index (χ0v) is 18.8. The minimum Gasteiger partial charge on any atom is -0.342 e. The lowest BCUT2D eigenvalue weighted by Crippen LogP contribution is -2.27. The van der Waals surface area contributed by atoms with Crippen molar-refractivity contribution in [2.75, 3.05) is 4.90 Å². The van der Waals surface area contributed by atoms with Crippen molar-refractivity contribution >= 4 is 68.5 Å². The molecule has 0 unspecified atom stereocenters. The summed E-state index contributed by atoms with van der Waals surface area (Å²) in [5, 5.41) is 1.82. The van der Waals surface area contributed by atoms with E-state index in [9.17, 15) is 4.79 Å². The highest BCUT2D eigenvalue weighted by molar-refractivity contribution is 8.27. The Morgan fingerprint density at radius 2 is 1.65 bits per heavy atom. The molecule has 2 heterocycles. The smallest absolute Gasteiger partial charge is 0.270 e. The molecule has 0 atom stereocenters. The Morgan fingerprint density at radius 3 is 2.45 bits per heavy atom. The van der Waals surface area contributed by atoms with E-state index in [-0.39, 0.29) is 5.91 Å². The second-order valence-corrected chi connectivity index (χ2v) is 9.26. The van der Waals surface area contributed by atoms with Gasteiger partial charge >= 0.3 is 0 Å². The molecule has 6 heteroatoms. The summed E-state index contributed by atoms with van der Waals surface area (Å²) in [6.07, 6.45) is 4.01. The van der Waals surface area contributed by atoms with Crippen LogP contribution >= 0.6 is 35.6 Å². The maximum absolute atomic E-state index is 13.1. The molecular weight excluding hydrogens is 444 g/mol. The summed E-state index contributed by atoms with van der Waals surface area (Å²) >= 11 is 13.2. The summed E-state index contributed by atoms with van der Waals surface area (Å²) in [6, 6.07) is 25.5. The molecule has 0 radical (unpaired) electrons. The molecule has 0 saturated carbocycles. The maximum Gasteiger partial charge on any atom is 0.270 e. The SMILES string of the molecule is O=C1/C(=C\c2cn(Cc3ccccc3Cl)c3ccccc23)SC(=S)N1c1ccccc1. The van der Waals surface area contributed by atoms with Crippen LogP contribution in [0.5, 0.6) is 0 Å². The highest BCUT2D eigenvalue weighted by atomic mass is 35.5. The maximum atomic E-state index is 13.1. The van der Waals surface area contributed by atoms with E-state index in [0.29, 0.717) is 15.8 Å². The minimum atomic E-state index is -0.0934. The first-order chi connectivity index (χ1) is 15.1. The standard InChI is InChI=1S/C25H17ClN2OS2/c26-21-12-6-4-8-17(21)15-27-16-18(20-11-5-7-13-22(20)27)14-23-24(29)28(25(30)31-23)19-9-2-1-3-10-19/h1-14,16H,15H2/b23-14+. The van der Waals surface area contributed by atoms with E-state index >= 15 is 0 Å². The lowest BCUT2D eigenvalue weighted by Gasteiger charge is -2.13. The first kappa shape index (κ1) is 20.1. The number of fused-ring (bicyclic) bond motifs is 1. The van der Waals surface area contributed by atoms with E-state index in [4.69, 9.17) is 23.8 Å². The van der Waals surface area contributed by atoms with Gasteiger partial charge in [0, 0.05) is 34.2 Å². The van der Waals surface area contributed by atoms with Crippen molar-refractivity contribution in [1.82, 2.24) is 4.57 Å². The van der Waals surface area contributed by atoms with Gasteiger partial charge in [-0.3, -0.25) is 9.69 Å². The predicted molar refractivity (Wildman–Crippen MR) is 135 cm³/mol. The number of nitrogens with zero attached hydrogens (tertiary/aromatic N) is 2. The van der Waals surface area contributed by atoms with Crippen LogP contribution in [0.1, 0.15) is 11.1 Å². The molecule has 1 amide bonds. The second-order valence-electron chi connectivity index (χ2n) is 7.17. The summed E-state index contributed by atoms with van der Waals surface area (Å²) in [6.45, 7) is 0.652. The van der Waals surface area contributed by atoms with Crippen LogP contribution in [0.4, 0.5) is 5.69 Å². The number of rotatable bonds is 4. The number of hydrogen-bond donors (Lipinski definition) is 0. The summed E-state index contributed by atoms with van der Waals surface area (Å²) in [4.78, 5) is 15.3. The van der Waals surface area contributed by atoms with E-state index in [1.807, 2.05) is 72.8 Å². The molecule has 4 aromatic rings. The van der Waals surface area contributed by atoms with Gasteiger partial charge in [-0.2, -0.15) is 0 Å². The van der Waals surface area contributed by atoms with Crippen LogP contribution in [0.25, 0.3) is 17.0 Å². The molecule has 1 aliphatic heterocycles. The number of halogens is 1. The van der Waals surface area contributed by atoms with Gasteiger partial charge < -0.3 is 4.57 Å². The lowest BCUT2D eigenvalue weighted by molar-refractivity contribution is -0.113. The van der Waals surface area contributed by atoms with Gasteiger partial charge in [0.25, 0.3) is 5.91 Å². The van der Waals surface area contributed by atoms with Crippen LogP contribution in [0, 0.1) is 0 Å². The molecule has 0 bridgehead atoms. The first-order valence-corrected chi connectivity index (χ1v) is 11.4. The van der Waals surface area contributed by atoms with Gasteiger partial charge in [-0.05, 0) is 35.9 Å². The van der Waals surface area contributed by atoms with Crippen molar-refractivity contribution in [1.29, 1.82) is 0 Å². The van der Waals surface area contributed by atoms with Gasteiger partial charge in [-0.25, -0.2) is 0 Å². The van der Waals surface area contributed by atoms with Gasteiger partial charge in [0.15, 0.2) is 4.32 Å². The number of aromatic nitrogens is 1. The van der Waals surface area contributed by atoms with Gasteiger partial charge in [0.05, 0.1) is 10.6 Å². The van der Waals surface area contributed by atoms with Crippen molar-refractivity contribution in [2.45, 2.75) is 6.54 Å². The van der Waals surface area contributed by atoms with E-state index in [1.54, 1.807) is 4.90 Å². The molecule has 1 saturated heterocycles. The molecule has 0 aliphatic carbocycles. The normalized spacial score (nSPS) is 15.4. The largest absolute Gasteiger partial charge is 0.342 e. The molecule has 1 aliphatic rings. The van der Waals surface area contributed by atoms with Crippen LogP contribution in [-0.2, 0) is 11.3 Å². The minimum absolute atomic E-state index is 0.0934. The lowest BCUT2D eigenvalue weighted by atomic mass is 10.1. The Bertz CT molecular complexity index is 1340. The number of benzene rings is 3. The fourth-order valence-electron chi connectivity index (χ4n) is 3.74. The third kappa shape index (κ3) is 3.81. The molecular formula is C25H17ClN2OS2. The molecule has 152 valence electrons. The quantitative estimate of drug-likeness (QED) is 0.249. The third-order valence-corrected chi connectivity index (χ3v) is 6.88. The molecule has 1 fully saturated rings. The molecule has 0 N–H and O–H groups in total. The Hall–Kier alpha value is -2.86. The van der Waals surface area contributed by atoms with E-state index in [1.165, 1.54) is 11.8 Å². The monoisotopic (exact) mass is 460 g/mol. The summed E-state index contributed by atoms with van der Waals surface area (Å²) in [5.74, 6) is -0.0934. The van der Waals surface area contributed by atoms with Gasteiger partial charge in [-0.1, -0.05) is 90.2 Å². The van der Waals surface area contributed by atoms with Crippen molar-refractivity contribution in [3.05, 3.63) is 106 Å². The fraction of sp³-hybridized carbons (Fsp3) is 0.0400. The van der Waals surface area contributed by atoms with Crippen molar-refractivity contribution in [3.63, 3.8) is 0 Å². The number of thioether (sulfide) groups is 1. The van der Waals surface area contributed by atoms with E-state index in [2.05, 4.69) is 22.9 Å². The Morgan fingerprint density at radius 1 is 0.935 bits per heavy atom. The zero-order valence-electron chi connectivity index (χ0n) is 16.4. The molecule has 3 aromatic carbocycles. The van der Waals surface area contributed by atoms with Crippen LogP contribution in [0.2, 0.25) is 5.02 Å². The topological polar surface area (TPSA) is 25.2 Å². The molecule has 0 spiro atoms. The Balaban J connectivity index is 1.54. The predicted octanol–water partition coefficient (Wildman–Crippen LogP) is 6.75. The van der Waals surface area contributed by atoms with E-state index < -0.39 is 0 Å². The van der Waals surface area contributed by atoms with Crippen molar-refractivity contribution in [2.24, 2.45) is 0 Å². The number of amides is 1. The third-order valence-electron chi connectivity index (χ3n) is 5.21. The van der Waals surface area contributed by atoms with Crippen LogP contribution < -0.4 is 4.90 Å². The summed E-state index contributed by atoms with van der Waals surface area (Å²) in [5.41, 5.74) is 3.91. The molecule has 1 aromatic heterocycles. The zero-order chi connectivity index (χ0) is 21.4. The average molecular weight is 461 g/mol. The Kier molecular flexibility index (Phi) is 5.40. The van der Waals surface area contributed by atoms with Crippen molar-refractivity contribution < 1.29 is 4.79 Å².